The second-order valence-electron chi connectivity index (χ2n) is 7.84. The molecule has 0 spiro atoms. The summed E-state index contributed by atoms with van der Waals surface area (Å²) in [5.41, 5.74) is 0. The number of unbranched alkanes of at least 4 members (excludes halogenated alkanes) is 1. The number of allylic oxidation sites excluding steroid dienone is 10. The van der Waals surface area contributed by atoms with Crippen LogP contribution >= 0.6 is 21.6 Å². The topological polar surface area (TPSA) is 95.5 Å². The highest BCUT2D eigenvalue weighted by molar-refractivity contribution is 8.76. The molecular formula is C28H44N2O4S2. The standard InChI is InChI=1S/C28H44N2O4S2/c1-2-3-4-5-6-7-8-9-10-11-12-13-14-15-16-17-18-19-26(31)29-22-24-35-36-25-23-30-27(32)20-21-28(33)34/h3-4,6-7,9-10,12-13,15-16H,2,5,8,11,14,17-25H2,1H3,(H,29,31)(H,30,32)(H,33,34)/b4-3-,7-6-,10-9-,13-12-,16-15-. The van der Waals surface area contributed by atoms with Gasteiger partial charge in [0.05, 0.1) is 6.42 Å². The lowest BCUT2D eigenvalue weighted by molar-refractivity contribution is -0.138. The Morgan fingerprint density at radius 1 is 0.639 bits per heavy atom. The van der Waals surface area contributed by atoms with Crippen molar-refractivity contribution in [2.24, 2.45) is 0 Å². The fraction of sp³-hybridized carbons (Fsp3) is 0.536. The van der Waals surface area contributed by atoms with Gasteiger partial charge in [0.2, 0.25) is 11.8 Å². The third-order valence-electron chi connectivity index (χ3n) is 4.60. The van der Waals surface area contributed by atoms with Gasteiger partial charge in [0, 0.05) is 37.4 Å². The highest BCUT2D eigenvalue weighted by atomic mass is 33.1. The second kappa shape index (κ2) is 27.4. The van der Waals surface area contributed by atoms with Crippen molar-refractivity contribution in [1.82, 2.24) is 10.6 Å². The molecule has 0 aromatic rings. The number of carbonyl (C=O) groups is 3. The highest BCUT2D eigenvalue weighted by Crippen LogP contribution is 2.19. The van der Waals surface area contributed by atoms with Crippen molar-refractivity contribution in [2.45, 2.75) is 71.1 Å². The molecule has 0 aliphatic heterocycles. The van der Waals surface area contributed by atoms with E-state index in [4.69, 9.17) is 5.11 Å². The maximum atomic E-state index is 11.9. The third-order valence-corrected chi connectivity index (χ3v) is 7.00. The first-order valence-electron chi connectivity index (χ1n) is 12.8. The van der Waals surface area contributed by atoms with Crippen molar-refractivity contribution in [3.8, 4) is 0 Å². The van der Waals surface area contributed by atoms with E-state index in [9.17, 15) is 14.4 Å². The lowest BCUT2D eigenvalue weighted by Crippen LogP contribution is -2.26. The Bertz CT molecular complexity index is 731. The quantitative estimate of drug-likeness (QED) is 0.0796. The van der Waals surface area contributed by atoms with E-state index in [-0.39, 0.29) is 24.7 Å². The van der Waals surface area contributed by atoms with Gasteiger partial charge in [-0.1, -0.05) is 89.3 Å². The zero-order valence-electron chi connectivity index (χ0n) is 21.7. The smallest absolute Gasteiger partial charge is 0.303 e. The maximum absolute atomic E-state index is 11.9. The zero-order valence-corrected chi connectivity index (χ0v) is 23.3. The summed E-state index contributed by atoms with van der Waals surface area (Å²) in [6.45, 7) is 3.28. The number of amides is 2. The van der Waals surface area contributed by atoms with E-state index in [0.29, 0.717) is 19.5 Å². The summed E-state index contributed by atoms with van der Waals surface area (Å²) in [4.78, 5) is 33.6. The average Bonchev–Trinajstić information content (AvgIpc) is 2.86. The summed E-state index contributed by atoms with van der Waals surface area (Å²) in [5, 5.41) is 14.1. The Morgan fingerprint density at radius 2 is 1.08 bits per heavy atom. The van der Waals surface area contributed by atoms with Gasteiger partial charge in [-0.2, -0.15) is 0 Å². The lowest BCUT2D eigenvalue weighted by atomic mass is 10.2. The number of carboxylic acid groups (broad SMARTS) is 1. The Labute approximate surface area is 225 Å². The van der Waals surface area contributed by atoms with Crippen LogP contribution in [0.15, 0.2) is 60.8 Å². The van der Waals surface area contributed by atoms with Crippen molar-refractivity contribution >= 4 is 39.4 Å². The van der Waals surface area contributed by atoms with Gasteiger partial charge in [-0.3, -0.25) is 14.4 Å². The van der Waals surface area contributed by atoms with Crippen molar-refractivity contribution in [3.63, 3.8) is 0 Å². The molecule has 0 heterocycles. The van der Waals surface area contributed by atoms with Gasteiger partial charge in [0.15, 0.2) is 0 Å². The number of hydrogen-bond acceptors (Lipinski definition) is 5. The van der Waals surface area contributed by atoms with Crippen molar-refractivity contribution < 1.29 is 19.5 Å². The van der Waals surface area contributed by atoms with Crippen LogP contribution < -0.4 is 10.6 Å². The minimum absolute atomic E-state index is 0.0141. The summed E-state index contributed by atoms with van der Waals surface area (Å²) < 4.78 is 0. The molecule has 8 heteroatoms. The largest absolute Gasteiger partial charge is 0.481 e. The minimum atomic E-state index is -0.966. The number of rotatable bonds is 23. The maximum Gasteiger partial charge on any atom is 0.303 e. The molecule has 0 saturated carbocycles. The molecule has 2 amide bonds. The van der Waals surface area contributed by atoms with Gasteiger partial charge >= 0.3 is 5.97 Å². The number of nitrogens with one attached hydrogen (secondary N) is 2. The first-order chi connectivity index (χ1) is 17.6. The fourth-order valence-electron chi connectivity index (χ4n) is 2.73. The number of hydrogen-bond donors (Lipinski definition) is 3. The van der Waals surface area contributed by atoms with Crippen LogP contribution in [0.25, 0.3) is 0 Å². The van der Waals surface area contributed by atoms with Crippen LogP contribution in [-0.2, 0) is 14.4 Å². The molecule has 0 radical (unpaired) electrons. The average molecular weight is 537 g/mol. The van der Waals surface area contributed by atoms with Gasteiger partial charge in [-0.15, -0.1) is 0 Å². The summed E-state index contributed by atoms with van der Waals surface area (Å²) in [5.74, 6) is 0.424. The predicted molar refractivity (Wildman–Crippen MR) is 156 cm³/mol. The van der Waals surface area contributed by atoms with Gasteiger partial charge in [0.25, 0.3) is 0 Å². The summed E-state index contributed by atoms with van der Waals surface area (Å²) in [6.07, 6.45) is 28.9. The van der Waals surface area contributed by atoms with Crippen LogP contribution in [0, 0.1) is 0 Å². The van der Waals surface area contributed by atoms with Crippen molar-refractivity contribution in [3.05, 3.63) is 60.8 Å². The molecule has 0 atom stereocenters. The summed E-state index contributed by atoms with van der Waals surface area (Å²) >= 11 is 0. The molecule has 202 valence electrons. The molecule has 6 nitrogen and oxygen atoms in total. The van der Waals surface area contributed by atoms with E-state index in [1.165, 1.54) is 0 Å². The van der Waals surface area contributed by atoms with E-state index in [1.807, 2.05) is 0 Å². The zero-order chi connectivity index (χ0) is 26.5. The number of aliphatic carboxylic acids is 1. The molecule has 0 rings (SSSR count). The predicted octanol–water partition coefficient (Wildman–Crippen LogP) is 6.39. The van der Waals surface area contributed by atoms with Crippen LogP contribution in [0.3, 0.4) is 0 Å². The first kappa shape index (κ1) is 33.8. The fourth-order valence-corrected chi connectivity index (χ4v) is 4.54. The Hall–Kier alpha value is -2.19. The van der Waals surface area contributed by atoms with E-state index >= 15 is 0 Å². The van der Waals surface area contributed by atoms with Crippen LogP contribution in [0.2, 0.25) is 0 Å². The van der Waals surface area contributed by atoms with Gasteiger partial charge in [-0.25, -0.2) is 0 Å². The minimum Gasteiger partial charge on any atom is -0.481 e. The van der Waals surface area contributed by atoms with E-state index in [0.717, 1.165) is 56.5 Å². The first-order valence-corrected chi connectivity index (χ1v) is 15.3. The number of carboxylic acids is 1. The Kier molecular flexibility index (Phi) is 25.7. The Balaban J connectivity index is 3.48. The lowest BCUT2D eigenvalue weighted by Gasteiger charge is -2.05. The molecule has 0 unspecified atom stereocenters. The molecule has 0 saturated heterocycles. The summed E-state index contributed by atoms with van der Waals surface area (Å²) in [7, 11) is 3.27. The van der Waals surface area contributed by atoms with Crippen LogP contribution in [0.5, 0.6) is 0 Å². The molecule has 3 N–H and O–H groups in total. The molecular weight excluding hydrogens is 492 g/mol. The molecule has 0 aromatic carbocycles. The van der Waals surface area contributed by atoms with Gasteiger partial charge in [0.1, 0.15) is 0 Å². The highest BCUT2D eigenvalue weighted by Gasteiger charge is 2.04. The van der Waals surface area contributed by atoms with Gasteiger partial charge < -0.3 is 15.7 Å². The van der Waals surface area contributed by atoms with Crippen molar-refractivity contribution in [1.29, 1.82) is 0 Å². The SMILES string of the molecule is CC/C=C\C/C=C\C/C=C\C/C=C\C/C=C\CCCC(=O)NCCSSCCNC(=O)CCC(=O)O. The number of carbonyl (C=O) groups excluding carboxylic acids is 2. The summed E-state index contributed by atoms with van der Waals surface area (Å²) in [6, 6.07) is 0. The Morgan fingerprint density at radius 3 is 1.56 bits per heavy atom. The molecule has 36 heavy (non-hydrogen) atoms. The molecule has 0 fully saturated rings. The molecule has 0 aliphatic rings. The molecule has 0 aliphatic carbocycles. The second-order valence-corrected chi connectivity index (χ2v) is 10.5. The van der Waals surface area contributed by atoms with Gasteiger partial charge in [-0.05, 0) is 44.9 Å². The van der Waals surface area contributed by atoms with Crippen LogP contribution in [0.1, 0.15) is 71.1 Å². The van der Waals surface area contributed by atoms with E-state index < -0.39 is 5.97 Å². The van der Waals surface area contributed by atoms with Crippen LogP contribution in [-0.4, -0.2) is 47.5 Å². The van der Waals surface area contributed by atoms with Crippen LogP contribution in [0.4, 0.5) is 0 Å². The van der Waals surface area contributed by atoms with Crippen molar-refractivity contribution in [2.75, 3.05) is 24.6 Å². The monoisotopic (exact) mass is 536 g/mol. The molecule has 0 aromatic heterocycles. The third kappa shape index (κ3) is 28.1. The normalized spacial score (nSPS) is 12.0. The van der Waals surface area contributed by atoms with E-state index in [1.54, 1.807) is 21.6 Å². The molecule has 0 bridgehead atoms. The van der Waals surface area contributed by atoms with E-state index in [2.05, 4.69) is 78.3 Å².